The lowest BCUT2D eigenvalue weighted by atomic mass is 10.1. The Balaban J connectivity index is 1.58. The third-order valence-corrected chi connectivity index (χ3v) is 5.68. The number of esters is 2. The minimum atomic E-state index is -1.29. The molecule has 3 aromatic rings. The minimum absolute atomic E-state index is 0.122. The molecule has 1 saturated heterocycles. The fourth-order valence-electron chi connectivity index (χ4n) is 3.80. The van der Waals surface area contributed by atoms with Crippen LogP contribution in [0.3, 0.4) is 0 Å². The molecule has 0 spiro atoms. The Kier molecular flexibility index (Phi) is 8.72. The van der Waals surface area contributed by atoms with Crippen molar-refractivity contribution in [1.29, 1.82) is 0 Å². The molecule has 1 fully saturated rings. The third-order valence-electron chi connectivity index (χ3n) is 5.68. The summed E-state index contributed by atoms with van der Waals surface area (Å²) in [7, 11) is 1.57. The van der Waals surface area contributed by atoms with E-state index in [1.807, 2.05) is 12.1 Å². The molecule has 0 saturated carbocycles. The molecule has 0 radical (unpaired) electrons. The molecule has 0 bridgehead atoms. The van der Waals surface area contributed by atoms with Crippen LogP contribution in [0.25, 0.3) is 10.4 Å². The van der Waals surface area contributed by atoms with Crippen LogP contribution in [0.15, 0.2) is 90.0 Å². The highest BCUT2D eigenvalue weighted by atomic mass is 16.7. The van der Waals surface area contributed by atoms with Crippen LogP contribution in [0.2, 0.25) is 0 Å². The van der Waals surface area contributed by atoms with E-state index >= 15 is 0 Å². The predicted octanol–water partition coefficient (Wildman–Crippen LogP) is 4.70. The van der Waals surface area contributed by atoms with E-state index in [9.17, 15) is 9.59 Å². The van der Waals surface area contributed by atoms with Crippen molar-refractivity contribution in [1.82, 2.24) is 0 Å². The third kappa shape index (κ3) is 6.65. The number of azide groups is 1. The van der Waals surface area contributed by atoms with E-state index in [0.29, 0.717) is 16.9 Å². The number of hydrogen-bond acceptors (Lipinski definition) is 8. The number of benzene rings is 3. The Bertz CT molecular complexity index is 1230. The summed E-state index contributed by atoms with van der Waals surface area (Å²) in [6.45, 7) is 0.00603. The van der Waals surface area contributed by atoms with Gasteiger partial charge >= 0.3 is 11.9 Å². The van der Waals surface area contributed by atoms with E-state index in [1.165, 1.54) is 0 Å². The first-order valence-corrected chi connectivity index (χ1v) is 11.5. The first kappa shape index (κ1) is 25.7. The molecule has 4 atom stereocenters. The molecule has 4 rings (SSSR count). The summed E-state index contributed by atoms with van der Waals surface area (Å²) in [4.78, 5) is 28.5. The second-order valence-corrected chi connectivity index (χ2v) is 8.09. The van der Waals surface area contributed by atoms with Crippen LogP contribution in [-0.4, -0.2) is 50.2 Å². The van der Waals surface area contributed by atoms with E-state index in [4.69, 9.17) is 29.2 Å². The van der Waals surface area contributed by atoms with Gasteiger partial charge in [-0.3, -0.25) is 0 Å². The lowest BCUT2D eigenvalue weighted by molar-refractivity contribution is -0.135. The SMILES string of the molecule is COc1ccc(CO[C@H]2[C@@H](CN=[N+]=[N-])OC(OC(=O)c3ccccc3)[C@@H]2OC(=O)c2ccccc2)cc1. The maximum Gasteiger partial charge on any atom is 0.340 e. The Labute approximate surface area is 213 Å². The number of ether oxygens (including phenoxy) is 5. The molecule has 10 nitrogen and oxygen atoms in total. The zero-order valence-corrected chi connectivity index (χ0v) is 20.0. The fraction of sp³-hybridized carbons (Fsp3) is 0.259. The van der Waals surface area contributed by atoms with Crippen LogP contribution >= 0.6 is 0 Å². The van der Waals surface area contributed by atoms with Crippen molar-refractivity contribution in [3.8, 4) is 5.75 Å². The molecule has 10 heteroatoms. The van der Waals surface area contributed by atoms with Gasteiger partial charge in [0.1, 0.15) is 11.9 Å². The molecule has 3 aromatic carbocycles. The van der Waals surface area contributed by atoms with Crippen LogP contribution < -0.4 is 4.74 Å². The standard InChI is InChI=1S/C27H25N3O7/c1-33-21-14-12-18(13-15-21)17-34-23-22(16-29-30-28)35-27(37-26(32)20-10-6-3-7-11-20)24(23)36-25(31)19-8-4-2-5-9-19/h2-15,22-24,27H,16-17H2,1H3/t22-,23+,24-,27?/m1/s1. The van der Waals surface area contributed by atoms with E-state index in [2.05, 4.69) is 10.0 Å². The number of carbonyl (C=O) groups excluding carboxylic acids is 2. The van der Waals surface area contributed by atoms with Crippen LogP contribution in [0.4, 0.5) is 0 Å². The second-order valence-electron chi connectivity index (χ2n) is 8.09. The Hall–Kier alpha value is -4.37. The monoisotopic (exact) mass is 503 g/mol. The van der Waals surface area contributed by atoms with E-state index < -0.39 is 36.5 Å². The second kappa shape index (κ2) is 12.5. The quantitative estimate of drug-likeness (QED) is 0.170. The van der Waals surface area contributed by atoms with Crippen LogP contribution in [0.5, 0.6) is 5.75 Å². The molecule has 37 heavy (non-hydrogen) atoms. The normalized spacial score (nSPS) is 20.5. The molecular weight excluding hydrogens is 478 g/mol. The molecule has 0 aromatic heterocycles. The lowest BCUT2D eigenvalue weighted by Crippen LogP contribution is -2.41. The van der Waals surface area contributed by atoms with Crippen LogP contribution in [0, 0.1) is 0 Å². The highest BCUT2D eigenvalue weighted by Gasteiger charge is 2.50. The van der Waals surface area contributed by atoms with Gasteiger partial charge in [-0.25, -0.2) is 9.59 Å². The summed E-state index contributed by atoms with van der Waals surface area (Å²) in [5, 5.41) is 3.60. The molecule has 0 N–H and O–H groups in total. The molecule has 1 aliphatic rings. The maximum atomic E-state index is 12.9. The van der Waals surface area contributed by atoms with Crippen molar-refractivity contribution < 1.29 is 33.3 Å². The molecule has 1 aliphatic heterocycles. The maximum absolute atomic E-state index is 12.9. The van der Waals surface area contributed by atoms with Crippen LogP contribution in [0.1, 0.15) is 26.3 Å². The van der Waals surface area contributed by atoms with E-state index in [1.54, 1.807) is 79.9 Å². The number of methoxy groups -OCH3 is 1. The Morgan fingerprint density at radius 1 is 0.865 bits per heavy atom. The molecule has 0 amide bonds. The molecular formula is C27H25N3O7. The van der Waals surface area contributed by atoms with Crippen LogP contribution in [-0.2, 0) is 25.6 Å². The van der Waals surface area contributed by atoms with Gasteiger partial charge in [-0.1, -0.05) is 53.6 Å². The highest BCUT2D eigenvalue weighted by Crippen LogP contribution is 2.30. The summed E-state index contributed by atoms with van der Waals surface area (Å²) >= 11 is 0. The lowest BCUT2D eigenvalue weighted by Gasteiger charge is -2.24. The van der Waals surface area contributed by atoms with Gasteiger partial charge in [0.05, 0.1) is 37.5 Å². The number of hydrogen-bond donors (Lipinski definition) is 0. The average Bonchev–Trinajstić information content (AvgIpc) is 3.26. The Morgan fingerprint density at radius 2 is 1.46 bits per heavy atom. The van der Waals surface area contributed by atoms with Gasteiger partial charge in [0.15, 0.2) is 6.10 Å². The van der Waals surface area contributed by atoms with Gasteiger partial charge in [-0.05, 0) is 47.5 Å². The van der Waals surface area contributed by atoms with Gasteiger partial charge < -0.3 is 23.7 Å². The van der Waals surface area contributed by atoms with Crippen molar-refractivity contribution >= 4 is 11.9 Å². The molecule has 1 unspecified atom stereocenters. The van der Waals surface area contributed by atoms with E-state index in [-0.39, 0.29) is 13.2 Å². The van der Waals surface area contributed by atoms with Crippen molar-refractivity contribution in [3.05, 3.63) is 112 Å². The average molecular weight is 504 g/mol. The zero-order valence-electron chi connectivity index (χ0n) is 20.0. The highest BCUT2D eigenvalue weighted by molar-refractivity contribution is 5.90. The smallest absolute Gasteiger partial charge is 0.340 e. The largest absolute Gasteiger partial charge is 0.497 e. The summed E-state index contributed by atoms with van der Waals surface area (Å²) < 4.78 is 28.6. The first-order chi connectivity index (χ1) is 18.1. The Morgan fingerprint density at radius 3 is 2.03 bits per heavy atom. The van der Waals surface area contributed by atoms with Gasteiger partial charge in [0.2, 0.25) is 6.29 Å². The zero-order chi connectivity index (χ0) is 26.0. The number of rotatable bonds is 10. The summed E-state index contributed by atoms with van der Waals surface area (Å²) in [6, 6.07) is 24.0. The van der Waals surface area contributed by atoms with Gasteiger partial charge in [0, 0.05) is 4.91 Å². The topological polar surface area (TPSA) is 129 Å². The van der Waals surface area contributed by atoms with Crippen molar-refractivity contribution in [2.75, 3.05) is 13.7 Å². The summed E-state index contributed by atoms with van der Waals surface area (Å²) in [5.41, 5.74) is 10.3. The molecule has 190 valence electrons. The van der Waals surface area contributed by atoms with Gasteiger partial charge in [0.25, 0.3) is 0 Å². The fourth-order valence-corrected chi connectivity index (χ4v) is 3.80. The first-order valence-electron chi connectivity index (χ1n) is 11.5. The number of carbonyl (C=O) groups is 2. The van der Waals surface area contributed by atoms with Crippen molar-refractivity contribution in [2.24, 2.45) is 5.11 Å². The van der Waals surface area contributed by atoms with E-state index in [0.717, 1.165) is 5.56 Å². The molecule has 0 aliphatic carbocycles. The van der Waals surface area contributed by atoms with Gasteiger partial charge in [-0.2, -0.15) is 0 Å². The van der Waals surface area contributed by atoms with Crippen molar-refractivity contribution in [2.45, 2.75) is 31.2 Å². The van der Waals surface area contributed by atoms with Gasteiger partial charge in [-0.15, -0.1) is 0 Å². The molecule has 1 heterocycles. The number of nitrogens with zero attached hydrogens (tertiary/aromatic N) is 3. The summed E-state index contributed by atoms with van der Waals surface area (Å²) in [5.74, 6) is -0.612. The minimum Gasteiger partial charge on any atom is -0.497 e. The van der Waals surface area contributed by atoms with Crippen molar-refractivity contribution in [3.63, 3.8) is 0 Å². The summed E-state index contributed by atoms with van der Waals surface area (Å²) in [6.07, 6.45) is -4.15. The predicted molar refractivity (Wildman–Crippen MR) is 132 cm³/mol.